The second kappa shape index (κ2) is 12.9. The third kappa shape index (κ3) is 6.01. The van der Waals surface area contributed by atoms with E-state index in [0.29, 0.717) is 37.0 Å². The van der Waals surface area contributed by atoms with Gasteiger partial charge in [0.15, 0.2) is 11.5 Å². The first-order valence-electron chi connectivity index (χ1n) is 14.6. The maximum atomic E-state index is 11.5. The van der Waals surface area contributed by atoms with E-state index in [1.165, 1.54) is 0 Å². The first kappa shape index (κ1) is 29.3. The smallest absolute Gasteiger partial charge is 0.226 e. The maximum Gasteiger partial charge on any atom is 0.226 e. The van der Waals surface area contributed by atoms with Crippen molar-refractivity contribution in [1.29, 1.82) is 0 Å². The van der Waals surface area contributed by atoms with Gasteiger partial charge >= 0.3 is 0 Å². The SMILES string of the molecule is COc1cc(Cn2c3ccccc3c3c(OCCC(C)C(=O)Cl)cccc32)ccc1OCc1nc(-c2ccccc2)oc1C. The second-order valence-electron chi connectivity index (χ2n) is 10.8. The van der Waals surface area contributed by atoms with Crippen LogP contribution in [0.25, 0.3) is 33.3 Å². The molecule has 8 heteroatoms. The van der Waals surface area contributed by atoms with Gasteiger partial charge in [0.1, 0.15) is 23.8 Å². The molecule has 1 unspecified atom stereocenters. The molecule has 6 rings (SSSR count). The molecule has 0 N–H and O–H groups in total. The number of aromatic nitrogens is 2. The van der Waals surface area contributed by atoms with Crippen molar-refractivity contribution in [3.8, 4) is 28.7 Å². The molecule has 0 spiro atoms. The molecule has 0 aliphatic rings. The molecular weight excluding hydrogens is 576 g/mol. The first-order chi connectivity index (χ1) is 21.4. The van der Waals surface area contributed by atoms with Gasteiger partial charge in [0.25, 0.3) is 0 Å². The van der Waals surface area contributed by atoms with Crippen LogP contribution in [0.3, 0.4) is 0 Å². The Balaban J connectivity index is 1.24. The largest absolute Gasteiger partial charge is 0.493 e. The van der Waals surface area contributed by atoms with Crippen LogP contribution in [0.15, 0.2) is 95.4 Å². The Morgan fingerprint density at radius 2 is 1.68 bits per heavy atom. The molecule has 0 aliphatic heterocycles. The summed E-state index contributed by atoms with van der Waals surface area (Å²) in [7, 11) is 1.64. The van der Waals surface area contributed by atoms with E-state index in [-0.39, 0.29) is 17.8 Å². The van der Waals surface area contributed by atoms with Crippen molar-refractivity contribution in [1.82, 2.24) is 9.55 Å². The van der Waals surface area contributed by atoms with Crippen LogP contribution in [-0.4, -0.2) is 28.5 Å². The molecule has 7 nitrogen and oxygen atoms in total. The van der Waals surface area contributed by atoms with Gasteiger partial charge in [-0.1, -0.05) is 55.5 Å². The molecule has 0 saturated heterocycles. The molecule has 2 heterocycles. The van der Waals surface area contributed by atoms with Crippen molar-refractivity contribution in [2.24, 2.45) is 5.92 Å². The highest BCUT2D eigenvalue weighted by Crippen LogP contribution is 2.37. The number of para-hydroxylation sites is 1. The lowest BCUT2D eigenvalue weighted by Gasteiger charge is -2.14. The average Bonchev–Trinajstić information content (AvgIpc) is 3.58. The van der Waals surface area contributed by atoms with Crippen molar-refractivity contribution in [3.05, 3.63) is 108 Å². The van der Waals surface area contributed by atoms with Crippen LogP contribution in [0.2, 0.25) is 0 Å². The van der Waals surface area contributed by atoms with Crippen LogP contribution in [0, 0.1) is 12.8 Å². The molecule has 2 aromatic heterocycles. The lowest BCUT2D eigenvalue weighted by Crippen LogP contribution is -2.09. The lowest BCUT2D eigenvalue weighted by molar-refractivity contribution is -0.115. The molecule has 224 valence electrons. The van der Waals surface area contributed by atoms with Crippen LogP contribution in [0.4, 0.5) is 0 Å². The number of fused-ring (bicyclic) bond motifs is 3. The van der Waals surface area contributed by atoms with Crippen LogP contribution < -0.4 is 14.2 Å². The van der Waals surface area contributed by atoms with Crippen LogP contribution in [-0.2, 0) is 17.9 Å². The molecule has 0 aliphatic carbocycles. The molecule has 44 heavy (non-hydrogen) atoms. The maximum absolute atomic E-state index is 11.5. The van der Waals surface area contributed by atoms with Crippen molar-refractivity contribution < 1.29 is 23.4 Å². The highest BCUT2D eigenvalue weighted by atomic mass is 35.5. The van der Waals surface area contributed by atoms with Crippen molar-refractivity contribution >= 4 is 38.6 Å². The minimum absolute atomic E-state index is 0.255. The molecule has 0 saturated carbocycles. The summed E-state index contributed by atoms with van der Waals surface area (Å²) in [5.74, 6) is 3.08. The number of hydrogen-bond donors (Lipinski definition) is 0. The van der Waals surface area contributed by atoms with Crippen molar-refractivity contribution in [3.63, 3.8) is 0 Å². The molecule has 6 aromatic rings. The normalized spacial score (nSPS) is 12.0. The second-order valence-corrected chi connectivity index (χ2v) is 11.1. The van der Waals surface area contributed by atoms with Gasteiger partial charge in [-0.15, -0.1) is 0 Å². The Bertz CT molecular complexity index is 1930. The predicted octanol–water partition coefficient (Wildman–Crippen LogP) is 8.56. The van der Waals surface area contributed by atoms with E-state index in [9.17, 15) is 4.79 Å². The number of carbonyl (C=O) groups excluding carboxylic acids is 1. The number of benzene rings is 4. The van der Waals surface area contributed by atoms with Gasteiger partial charge in [0.05, 0.1) is 19.2 Å². The van der Waals surface area contributed by atoms with Gasteiger partial charge in [0.2, 0.25) is 11.1 Å². The van der Waals surface area contributed by atoms with E-state index >= 15 is 0 Å². The summed E-state index contributed by atoms with van der Waals surface area (Å²) in [6.07, 6.45) is 0.552. The van der Waals surface area contributed by atoms with E-state index in [1.54, 1.807) is 7.11 Å². The van der Waals surface area contributed by atoms with Crippen molar-refractivity contribution in [2.45, 2.75) is 33.4 Å². The summed E-state index contributed by atoms with van der Waals surface area (Å²) in [6.45, 7) is 4.98. The summed E-state index contributed by atoms with van der Waals surface area (Å²) in [5.41, 5.74) is 4.87. The fraction of sp³-hybridized carbons (Fsp3) is 0.222. The molecule has 4 aromatic carbocycles. The number of oxazole rings is 1. The summed E-state index contributed by atoms with van der Waals surface area (Å²) in [4.78, 5) is 16.1. The summed E-state index contributed by atoms with van der Waals surface area (Å²) >= 11 is 5.65. The molecule has 0 radical (unpaired) electrons. The van der Waals surface area contributed by atoms with Crippen molar-refractivity contribution in [2.75, 3.05) is 13.7 Å². The fourth-order valence-electron chi connectivity index (χ4n) is 5.34. The standard InChI is InChI=1S/C36H33ClN2O5/c1-23(35(37)40)18-19-42-32-15-9-14-30-34(32)27-12-7-8-13-29(27)39(30)21-25-16-17-31(33(20-25)41-3)43-22-28-24(2)44-36(38-28)26-10-5-4-6-11-26/h4-17,20,23H,18-19,21-22H2,1-3H3. The quantitative estimate of drug-likeness (QED) is 0.130. The number of hydrogen-bond acceptors (Lipinski definition) is 6. The fourth-order valence-corrected chi connectivity index (χ4v) is 5.45. The monoisotopic (exact) mass is 608 g/mol. The molecule has 0 fully saturated rings. The number of rotatable bonds is 12. The van der Waals surface area contributed by atoms with E-state index in [1.807, 2.05) is 80.6 Å². The summed E-state index contributed by atoms with van der Waals surface area (Å²) in [6, 6.07) is 30.2. The van der Waals surface area contributed by atoms with E-state index in [0.717, 1.165) is 50.1 Å². The van der Waals surface area contributed by atoms with Gasteiger partial charge in [-0.05, 0) is 73.0 Å². The minimum Gasteiger partial charge on any atom is -0.493 e. The van der Waals surface area contributed by atoms with E-state index < -0.39 is 0 Å². The van der Waals surface area contributed by atoms with Gasteiger partial charge in [-0.3, -0.25) is 4.79 Å². The number of nitrogens with zero attached hydrogens (tertiary/aromatic N) is 2. The highest BCUT2D eigenvalue weighted by Gasteiger charge is 2.18. The van der Waals surface area contributed by atoms with Crippen LogP contribution in [0.5, 0.6) is 17.2 Å². The summed E-state index contributed by atoms with van der Waals surface area (Å²) < 4.78 is 26.3. The zero-order chi connectivity index (χ0) is 30.6. The Labute approximate surface area is 260 Å². The number of halogens is 1. The first-order valence-corrected chi connectivity index (χ1v) is 14.9. The summed E-state index contributed by atoms with van der Waals surface area (Å²) in [5, 5.41) is 1.79. The lowest BCUT2D eigenvalue weighted by atomic mass is 10.1. The predicted molar refractivity (Wildman–Crippen MR) is 173 cm³/mol. The molecular formula is C36H33ClN2O5. The van der Waals surface area contributed by atoms with Gasteiger partial charge < -0.3 is 23.2 Å². The minimum atomic E-state index is -0.347. The number of methoxy groups -OCH3 is 1. The van der Waals surface area contributed by atoms with E-state index in [2.05, 4.69) is 33.8 Å². The Hall–Kier alpha value is -4.75. The van der Waals surface area contributed by atoms with Crippen LogP contribution in [0.1, 0.15) is 30.4 Å². The third-order valence-corrected chi connectivity index (χ3v) is 8.17. The molecule has 0 bridgehead atoms. The highest BCUT2D eigenvalue weighted by molar-refractivity contribution is 6.63. The van der Waals surface area contributed by atoms with Crippen LogP contribution >= 0.6 is 11.6 Å². The zero-order valence-electron chi connectivity index (χ0n) is 24.9. The Morgan fingerprint density at radius 1 is 0.909 bits per heavy atom. The Morgan fingerprint density at radius 3 is 2.48 bits per heavy atom. The topological polar surface area (TPSA) is 75.7 Å². The number of carbonyl (C=O) groups is 1. The molecule has 1 atom stereocenters. The van der Waals surface area contributed by atoms with Gasteiger partial charge in [0, 0.05) is 34.3 Å². The average molecular weight is 609 g/mol. The molecule has 0 amide bonds. The van der Waals surface area contributed by atoms with E-state index in [4.69, 9.17) is 30.2 Å². The van der Waals surface area contributed by atoms with Gasteiger partial charge in [-0.25, -0.2) is 4.98 Å². The zero-order valence-corrected chi connectivity index (χ0v) is 25.6. The number of aryl methyl sites for hydroxylation is 1. The number of ether oxygens (including phenoxy) is 3. The van der Waals surface area contributed by atoms with Gasteiger partial charge in [-0.2, -0.15) is 0 Å². The Kier molecular flexibility index (Phi) is 8.57. The third-order valence-electron chi connectivity index (χ3n) is 7.80.